The van der Waals surface area contributed by atoms with Crippen LogP contribution in [0, 0.1) is 0 Å². The normalized spacial score (nSPS) is 17.5. The number of rotatable bonds is 4. The van der Waals surface area contributed by atoms with Crippen LogP contribution in [-0.2, 0) is 4.79 Å². The maximum absolute atomic E-state index is 12.1. The molecule has 3 N–H and O–H groups in total. The van der Waals surface area contributed by atoms with E-state index in [9.17, 15) is 13.6 Å². The van der Waals surface area contributed by atoms with Crippen molar-refractivity contribution in [3.8, 4) is 0 Å². The molecule has 0 spiro atoms. The fourth-order valence-electron chi connectivity index (χ4n) is 0.426. The van der Waals surface area contributed by atoms with E-state index in [4.69, 9.17) is 15.3 Å². The van der Waals surface area contributed by atoms with Crippen molar-refractivity contribution >= 4 is 6.29 Å². The largest absolute Gasteiger partial charge is 0.394 e. The maximum atomic E-state index is 12.1. The average Bonchev–Trinajstić information content (AvgIpc) is 2.01. The van der Waals surface area contributed by atoms with E-state index in [2.05, 4.69) is 0 Å². The average molecular weight is 170 g/mol. The maximum Gasteiger partial charge on any atom is 0.330 e. The summed E-state index contributed by atoms with van der Waals surface area (Å²) in [6, 6.07) is 0. The molecule has 1 unspecified atom stereocenters. The van der Waals surface area contributed by atoms with Crippen LogP contribution < -0.4 is 0 Å². The van der Waals surface area contributed by atoms with Crippen molar-refractivity contribution < 1.29 is 28.9 Å². The number of aliphatic hydroxyl groups is 3. The lowest BCUT2D eigenvalue weighted by molar-refractivity contribution is -0.166. The Bertz CT molecular complexity index is 138. The van der Waals surface area contributed by atoms with Crippen LogP contribution in [0.5, 0.6) is 0 Å². The number of hydrogen-bond donors (Lipinski definition) is 3. The van der Waals surface area contributed by atoms with E-state index in [0.717, 1.165) is 0 Å². The second-order valence-electron chi connectivity index (χ2n) is 1.99. The van der Waals surface area contributed by atoms with Crippen LogP contribution >= 0.6 is 0 Å². The summed E-state index contributed by atoms with van der Waals surface area (Å²) in [6.45, 7) is -1.02. The van der Waals surface area contributed by atoms with Gasteiger partial charge in [-0.15, -0.1) is 0 Å². The molecule has 0 amide bonds. The standard InChI is InChI=1S/C5H8F2O4/c6-5(7,2-9)4(11)3(10)1-8/h2-4,8,10-11H,1H2/t3-,4?/m1/s1. The lowest BCUT2D eigenvalue weighted by Crippen LogP contribution is -2.45. The SMILES string of the molecule is O=CC(F)(F)C(O)[C@H](O)CO. The summed E-state index contributed by atoms with van der Waals surface area (Å²) in [5.41, 5.74) is 0. The van der Waals surface area contributed by atoms with Crippen molar-refractivity contribution in [2.75, 3.05) is 6.61 Å². The Morgan fingerprint density at radius 1 is 1.45 bits per heavy atom. The molecule has 11 heavy (non-hydrogen) atoms. The molecule has 0 aliphatic rings. The topological polar surface area (TPSA) is 77.8 Å². The summed E-state index contributed by atoms with van der Waals surface area (Å²) in [7, 11) is 0. The first-order valence-electron chi connectivity index (χ1n) is 2.77. The molecule has 6 heteroatoms. The van der Waals surface area contributed by atoms with E-state index in [1.54, 1.807) is 0 Å². The fourth-order valence-corrected chi connectivity index (χ4v) is 0.426. The highest BCUT2D eigenvalue weighted by Gasteiger charge is 2.42. The second kappa shape index (κ2) is 3.70. The first-order valence-corrected chi connectivity index (χ1v) is 2.77. The molecule has 0 aromatic rings. The van der Waals surface area contributed by atoms with Crippen LogP contribution in [-0.4, -0.2) is 46.3 Å². The minimum atomic E-state index is -4.01. The molecular formula is C5H8F2O4. The van der Waals surface area contributed by atoms with Crippen LogP contribution in [0.15, 0.2) is 0 Å². The number of aldehydes is 1. The zero-order valence-electron chi connectivity index (χ0n) is 5.44. The Kier molecular flexibility index (Phi) is 3.50. The second-order valence-corrected chi connectivity index (χ2v) is 1.99. The van der Waals surface area contributed by atoms with Gasteiger partial charge in [0.25, 0.3) is 0 Å². The van der Waals surface area contributed by atoms with Gasteiger partial charge >= 0.3 is 5.92 Å². The fraction of sp³-hybridized carbons (Fsp3) is 0.800. The molecule has 0 rings (SSSR count). The zero-order chi connectivity index (χ0) is 9.07. The van der Waals surface area contributed by atoms with Gasteiger partial charge in [0.2, 0.25) is 0 Å². The van der Waals surface area contributed by atoms with Gasteiger partial charge in [-0.2, -0.15) is 8.78 Å². The van der Waals surface area contributed by atoms with E-state index in [0.29, 0.717) is 0 Å². The van der Waals surface area contributed by atoms with Gasteiger partial charge < -0.3 is 15.3 Å². The van der Waals surface area contributed by atoms with Crippen molar-refractivity contribution in [1.82, 2.24) is 0 Å². The van der Waals surface area contributed by atoms with E-state index < -0.39 is 31.0 Å². The van der Waals surface area contributed by atoms with E-state index in [-0.39, 0.29) is 0 Å². The number of carbonyl (C=O) groups is 1. The molecule has 0 saturated heterocycles. The summed E-state index contributed by atoms with van der Waals surface area (Å²) < 4.78 is 24.2. The quantitative estimate of drug-likeness (QED) is 0.450. The van der Waals surface area contributed by atoms with Gasteiger partial charge in [0.1, 0.15) is 6.10 Å². The summed E-state index contributed by atoms with van der Waals surface area (Å²) >= 11 is 0. The van der Waals surface area contributed by atoms with Crippen molar-refractivity contribution in [3.63, 3.8) is 0 Å². The highest BCUT2D eigenvalue weighted by molar-refractivity contribution is 5.60. The van der Waals surface area contributed by atoms with Gasteiger partial charge in [-0.05, 0) is 0 Å². The van der Waals surface area contributed by atoms with Crippen molar-refractivity contribution in [2.24, 2.45) is 0 Å². The third-order valence-corrected chi connectivity index (χ3v) is 1.10. The number of alkyl halides is 2. The smallest absolute Gasteiger partial charge is 0.330 e. The molecule has 0 saturated carbocycles. The predicted octanol–water partition coefficient (Wildman–Crippen LogP) is -1.47. The minimum absolute atomic E-state index is 0.781. The van der Waals surface area contributed by atoms with Crippen LogP contribution in [0.25, 0.3) is 0 Å². The van der Waals surface area contributed by atoms with Gasteiger partial charge in [-0.25, -0.2) is 0 Å². The Morgan fingerprint density at radius 2 is 1.91 bits per heavy atom. The highest BCUT2D eigenvalue weighted by atomic mass is 19.3. The molecule has 2 atom stereocenters. The number of aliphatic hydroxyl groups excluding tert-OH is 3. The lowest BCUT2D eigenvalue weighted by atomic mass is 10.1. The molecule has 66 valence electrons. The first-order chi connectivity index (χ1) is 4.95. The number of carbonyl (C=O) groups excluding carboxylic acids is 1. The monoisotopic (exact) mass is 170 g/mol. The molecule has 0 aliphatic heterocycles. The molecule has 0 fully saturated rings. The third-order valence-electron chi connectivity index (χ3n) is 1.10. The van der Waals surface area contributed by atoms with Gasteiger partial charge in [0, 0.05) is 0 Å². The van der Waals surface area contributed by atoms with Gasteiger partial charge in [-0.1, -0.05) is 0 Å². The van der Waals surface area contributed by atoms with Crippen LogP contribution in [0.2, 0.25) is 0 Å². The number of halogens is 2. The van der Waals surface area contributed by atoms with Gasteiger partial charge in [0.15, 0.2) is 12.4 Å². The summed E-state index contributed by atoms with van der Waals surface area (Å²) in [6.07, 6.45) is -5.34. The zero-order valence-corrected chi connectivity index (χ0v) is 5.44. The Balaban J connectivity index is 4.21. The molecule has 0 aromatic heterocycles. The van der Waals surface area contributed by atoms with E-state index in [1.165, 1.54) is 0 Å². The van der Waals surface area contributed by atoms with Crippen LogP contribution in [0.1, 0.15) is 0 Å². The van der Waals surface area contributed by atoms with E-state index in [1.807, 2.05) is 0 Å². The molecule has 0 aliphatic carbocycles. The van der Waals surface area contributed by atoms with Gasteiger partial charge in [0.05, 0.1) is 6.61 Å². The molecule has 0 bridgehead atoms. The minimum Gasteiger partial charge on any atom is -0.394 e. The summed E-state index contributed by atoms with van der Waals surface area (Å²) in [5, 5.41) is 25.0. The summed E-state index contributed by atoms with van der Waals surface area (Å²) in [5.74, 6) is -4.01. The van der Waals surface area contributed by atoms with Crippen molar-refractivity contribution in [3.05, 3.63) is 0 Å². The Labute approximate surface area is 61.1 Å². The lowest BCUT2D eigenvalue weighted by Gasteiger charge is -2.20. The molecule has 0 aromatic carbocycles. The Hall–Kier alpha value is -0.590. The molecular weight excluding hydrogens is 162 g/mol. The predicted molar refractivity (Wildman–Crippen MR) is 30.1 cm³/mol. The van der Waals surface area contributed by atoms with Crippen molar-refractivity contribution in [1.29, 1.82) is 0 Å². The third kappa shape index (κ3) is 2.49. The summed E-state index contributed by atoms with van der Waals surface area (Å²) in [4.78, 5) is 9.59. The van der Waals surface area contributed by atoms with Crippen LogP contribution in [0.4, 0.5) is 8.78 Å². The molecule has 0 radical (unpaired) electrons. The first kappa shape index (κ1) is 10.4. The van der Waals surface area contributed by atoms with E-state index >= 15 is 0 Å². The molecule has 4 nitrogen and oxygen atoms in total. The van der Waals surface area contributed by atoms with Crippen LogP contribution in [0.3, 0.4) is 0 Å². The van der Waals surface area contributed by atoms with Gasteiger partial charge in [-0.3, -0.25) is 4.79 Å². The number of hydrogen-bond acceptors (Lipinski definition) is 4. The Morgan fingerprint density at radius 3 is 2.18 bits per heavy atom. The van der Waals surface area contributed by atoms with Crippen molar-refractivity contribution in [2.45, 2.75) is 18.1 Å². The highest BCUT2D eigenvalue weighted by Crippen LogP contribution is 2.17. The molecule has 0 heterocycles.